The molecular formula is C34H65N5O13. The summed E-state index contributed by atoms with van der Waals surface area (Å²) < 4.78 is 60.3. The number of hydrogen-bond acceptors (Lipinski definition) is 16. The van der Waals surface area contributed by atoms with Crippen LogP contribution in [-0.2, 0) is 65.1 Å². The molecule has 0 radical (unpaired) electrons. The van der Waals surface area contributed by atoms with Crippen molar-refractivity contribution in [2.45, 2.75) is 39.4 Å². The number of nitrogens with zero attached hydrogens (tertiary/aromatic N) is 4. The quantitative estimate of drug-likeness (QED) is 0.0930. The molecule has 304 valence electrons. The smallest absolute Gasteiger partial charge is 0.410 e. The second-order valence-corrected chi connectivity index (χ2v) is 12.6. The van der Waals surface area contributed by atoms with Crippen LogP contribution in [0.1, 0.15) is 32.2 Å². The molecule has 1 fully saturated rings. The number of amides is 1. The van der Waals surface area contributed by atoms with Crippen LogP contribution in [0.2, 0.25) is 0 Å². The molecule has 0 spiro atoms. The highest BCUT2D eigenvalue weighted by molar-refractivity contribution is 5.68. The zero-order chi connectivity index (χ0) is 37.4. The fourth-order valence-corrected chi connectivity index (χ4v) is 4.53. The summed E-state index contributed by atoms with van der Waals surface area (Å²) in [6.07, 6.45) is 0.398. The molecule has 1 aromatic rings. The van der Waals surface area contributed by atoms with E-state index in [-0.39, 0.29) is 12.7 Å². The Morgan fingerprint density at radius 2 is 1.04 bits per heavy atom. The van der Waals surface area contributed by atoms with Crippen molar-refractivity contribution in [2.75, 3.05) is 165 Å². The lowest BCUT2D eigenvalue weighted by molar-refractivity contribution is -0.0255. The van der Waals surface area contributed by atoms with Gasteiger partial charge in [-0.15, -0.1) is 5.10 Å². The Morgan fingerprint density at radius 1 is 0.615 bits per heavy atom. The van der Waals surface area contributed by atoms with Gasteiger partial charge in [-0.25, -0.2) is 4.79 Å². The zero-order valence-electron chi connectivity index (χ0n) is 31.7. The van der Waals surface area contributed by atoms with Crippen molar-refractivity contribution in [3.8, 4) is 0 Å². The van der Waals surface area contributed by atoms with Crippen LogP contribution < -0.4 is 0 Å². The molecule has 52 heavy (non-hydrogen) atoms. The zero-order valence-corrected chi connectivity index (χ0v) is 31.7. The molecule has 0 aromatic carbocycles. The maximum Gasteiger partial charge on any atom is 0.410 e. The van der Waals surface area contributed by atoms with E-state index in [2.05, 4.69) is 20.3 Å². The van der Waals surface area contributed by atoms with Gasteiger partial charge in [-0.3, -0.25) is 10.00 Å². The van der Waals surface area contributed by atoms with Crippen LogP contribution >= 0.6 is 0 Å². The second-order valence-electron chi connectivity index (χ2n) is 12.6. The van der Waals surface area contributed by atoms with Gasteiger partial charge in [0.2, 0.25) is 0 Å². The van der Waals surface area contributed by atoms with E-state index >= 15 is 0 Å². The fourth-order valence-electron chi connectivity index (χ4n) is 4.53. The Kier molecular flexibility index (Phi) is 27.7. The van der Waals surface area contributed by atoms with E-state index in [1.807, 2.05) is 20.8 Å². The summed E-state index contributed by atoms with van der Waals surface area (Å²) in [6.45, 7) is 18.9. The Balaban J connectivity index is 1.27. The van der Waals surface area contributed by atoms with Gasteiger partial charge in [0.25, 0.3) is 0 Å². The molecule has 0 unspecified atom stereocenters. The highest BCUT2D eigenvalue weighted by atomic mass is 16.6. The molecule has 1 aliphatic heterocycles. The van der Waals surface area contributed by atoms with E-state index < -0.39 is 5.60 Å². The lowest BCUT2D eigenvalue weighted by Crippen LogP contribution is -2.50. The lowest BCUT2D eigenvalue weighted by atomic mass is 10.2. The first-order valence-corrected chi connectivity index (χ1v) is 18.4. The Bertz CT molecular complexity index is 964. The van der Waals surface area contributed by atoms with Crippen LogP contribution in [0.5, 0.6) is 0 Å². The third-order valence-corrected chi connectivity index (χ3v) is 7.23. The van der Waals surface area contributed by atoms with Gasteiger partial charge >= 0.3 is 6.09 Å². The number of carbonyl (C=O) groups is 1. The minimum Gasteiger partial charge on any atom is -0.444 e. The highest BCUT2D eigenvalue weighted by Crippen LogP contribution is 2.12. The molecular weight excluding hydrogens is 686 g/mol. The predicted molar refractivity (Wildman–Crippen MR) is 188 cm³/mol. The maximum absolute atomic E-state index is 12.2. The summed E-state index contributed by atoms with van der Waals surface area (Å²) in [5.74, 6) is 0. The number of nitrogens with one attached hydrogen (secondary N) is 1. The number of carbonyl (C=O) groups excluding carboxylic acids is 1. The molecule has 0 atom stereocenters. The highest BCUT2D eigenvalue weighted by Gasteiger charge is 2.25. The molecule has 2 heterocycles. The van der Waals surface area contributed by atoms with Crippen LogP contribution in [-0.4, -0.2) is 207 Å². The monoisotopic (exact) mass is 751 g/mol. The molecule has 18 nitrogen and oxygen atoms in total. The largest absolute Gasteiger partial charge is 0.444 e. The number of ether oxygens (including phenoxy) is 11. The van der Waals surface area contributed by atoms with Crippen LogP contribution in [0.25, 0.3) is 0 Å². The number of rotatable bonds is 34. The molecule has 0 bridgehead atoms. The van der Waals surface area contributed by atoms with Gasteiger partial charge in [-0.2, -0.15) is 0 Å². The summed E-state index contributed by atoms with van der Waals surface area (Å²) in [5, 5.41) is 19.6. The standard InChI is InChI=1S/C34H65N5O13/c1-34(2,3)52-33(41)39-7-5-38(6-8-39)9-12-51-30-32-31(35-37-36-32)4-11-42-14-16-44-18-20-46-22-24-48-26-28-50-29-27-49-25-23-47-21-19-45-17-15-43-13-10-40/h40H,4-30H2,1-3H3,(H,35,36,37). The predicted octanol–water partition coefficient (Wildman–Crippen LogP) is 0.558. The number of aliphatic hydroxyl groups excluding tert-OH is 1. The van der Waals surface area contributed by atoms with Gasteiger partial charge in [0, 0.05) is 39.1 Å². The van der Waals surface area contributed by atoms with E-state index in [1.54, 1.807) is 4.90 Å². The molecule has 1 amide bonds. The lowest BCUT2D eigenvalue weighted by Gasteiger charge is -2.35. The van der Waals surface area contributed by atoms with Crippen molar-refractivity contribution < 1.29 is 62.0 Å². The first-order valence-electron chi connectivity index (χ1n) is 18.4. The van der Waals surface area contributed by atoms with Gasteiger partial charge in [0.1, 0.15) is 11.3 Å². The Morgan fingerprint density at radius 3 is 1.46 bits per heavy atom. The molecule has 0 aliphatic carbocycles. The van der Waals surface area contributed by atoms with Crippen molar-refractivity contribution in [3.05, 3.63) is 11.4 Å². The van der Waals surface area contributed by atoms with Crippen LogP contribution in [0, 0.1) is 0 Å². The Labute approximate surface area is 308 Å². The summed E-state index contributed by atoms with van der Waals surface area (Å²) in [6, 6.07) is 0. The second kappa shape index (κ2) is 31.3. The van der Waals surface area contributed by atoms with Crippen molar-refractivity contribution in [1.82, 2.24) is 25.2 Å². The van der Waals surface area contributed by atoms with Crippen molar-refractivity contribution >= 4 is 6.09 Å². The van der Waals surface area contributed by atoms with E-state index in [0.29, 0.717) is 152 Å². The summed E-state index contributed by atoms with van der Waals surface area (Å²) in [5.41, 5.74) is 1.20. The number of aliphatic hydroxyl groups is 1. The Hall–Kier alpha value is -2.07. The molecule has 18 heteroatoms. The fraction of sp³-hybridized carbons (Fsp3) is 0.912. The van der Waals surface area contributed by atoms with Gasteiger partial charge in [-0.1, -0.05) is 5.21 Å². The van der Waals surface area contributed by atoms with Gasteiger partial charge in [-0.05, 0) is 20.8 Å². The minimum absolute atomic E-state index is 0.0207. The van der Waals surface area contributed by atoms with E-state index in [4.69, 9.17) is 57.2 Å². The van der Waals surface area contributed by atoms with Crippen LogP contribution in [0.4, 0.5) is 4.79 Å². The molecule has 1 aliphatic rings. The van der Waals surface area contributed by atoms with Gasteiger partial charge < -0.3 is 62.1 Å². The van der Waals surface area contributed by atoms with Crippen LogP contribution in [0.15, 0.2) is 0 Å². The third kappa shape index (κ3) is 25.8. The SMILES string of the molecule is CC(C)(C)OC(=O)N1CCN(CCOCc2nn[nH]c2CCOCCOCCOCCOCCOCCOCCOCCOCCOCCO)CC1. The number of aromatic amines is 1. The molecule has 1 saturated heterocycles. The van der Waals surface area contributed by atoms with E-state index in [9.17, 15) is 4.79 Å². The van der Waals surface area contributed by atoms with Crippen molar-refractivity contribution in [1.29, 1.82) is 0 Å². The van der Waals surface area contributed by atoms with Gasteiger partial charge in [0.15, 0.2) is 0 Å². The number of hydrogen-bond donors (Lipinski definition) is 2. The number of piperazine rings is 1. The maximum atomic E-state index is 12.2. The van der Waals surface area contributed by atoms with Crippen LogP contribution in [0.3, 0.4) is 0 Å². The topological polar surface area (TPSA) is 187 Å². The molecule has 2 rings (SSSR count). The molecule has 2 N–H and O–H groups in total. The molecule has 0 saturated carbocycles. The first kappa shape index (κ1) is 46.1. The van der Waals surface area contributed by atoms with Gasteiger partial charge in [0.05, 0.1) is 144 Å². The summed E-state index contributed by atoms with van der Waals surface area (Å²) in [4.78, 5) is 16.3. The van der Waals surface area contributed by atoms with Crippen molar-refractivity contribution in [3.63, 3.8) is 0 Å². The first-order chi connectivity index (χ1) is 25.4. The minimum atomic E-state index is -0.484. The van der Waals surface area contributed by atoms with E-state index in [1.165, 1.54) is 0 Å². The number of H-pyrrole nitrogens is 1. The van der Waals surface area contributed by atoms with Crippen molar-refractivity contribution in [2.24, 2.45) is 0 Å². The molecule has 1 aromatic heterocycles. The third-order valence-electron chi connectivity index (χ3n) is 7.23. The van der Waals surface area contributed by atoms with E-state index in [0.717, 1.165) is 31.0 Å². The summed E-state index contributed by atoms with van der Waals surface area (Å²) in [7, 11) is 0. The number of aromatic nitrogens is 3. The average Bonchev–Trinajstić information content (AvgIpc) is 3.57. The summed E-state index contributed by atoms with van der Waals surface area (Å²) >= 11 is 0. The normalized spacial score (nSPS) is 14.0. The average molecular weight is 752 g/mol.